The van der Waals surface area contributed by atoms with Crippen molar-refractivity contribution in [3.05, 3.63) is 42.2 Å². The van der Waals surface area contributed by atoms with Gasteiger partial charge in [0.05, 0.1) is 6.61 Å². The predicted octanol–water partition coefficient (Wildman–Crippen LogP) is 4.56. The van der Waals surface area contributed by atoms with Crippen molar-refractivity contribution in [1.29, 1.82) is 0 Å². The van der Waals surface area contributed by atoms with Crippen molar-refractivity contribution in [3.63, 3.8) is 0 Å². The normalized spacial score (nSPS) is 18.9. The second kappa shape index (κ2) is 7.51. The van der Waals surface area contributed by atoms with Crippen LogP contribution in [0.25, 0.3) is 22.0 Å². The molecule has 1 fully saturated rings. The molecule has 1 saturated heterocycles. The molecule has 0 saturated carbocycles. The van der Waals surface area contributed by atoms with Crippen LogP contribution >= 0.6 is 0 Å². The van der Waals surface area contributed by atoms with E-state index in [1.807, 2.05) is 0 Å². The zero-order valence-electron chi connectivity index (χ0n) is 16.2. The first-order valence-electron chi connectivity index (χ1n) is 9.43. The van der Waals surface area contributed by atoms with Crippen LogP contribution < -0.4 is 5.32 Å². The number of aromatic hydroxyl groups is 1. The lowest BCUT2D eigenvalue weighted by Gasteiger charge is -2.39. The van der Waals surface area contributed by atoms with E-state index >= 15 is 0 Å². The van der Waals surface area contributed by atoms with E-state index in [4.69, 9.17) is 4.74 Å². The fraction of sp³-hybridized carbons (Fsp3) is 0.381. The maximum atomic E-state index is 12.9. The number of hydrogen-bond donors (Lipinski definition) is 2. The van der Waals surface area contributed by atoms with Gasteiger partial charge in [-0.15, -0.1) is 10.2 Å². The van der Waals surface area contributed by atoms with Crippen LogP contribution in [0.3, 0.4) is 0 Å². The van der Waals surface area contributed by atoms with Crippen LogP contribution in [0.1, 0.15) is 32.3 Å². The standard InChI is InChI=1S/C21H22F2N4O2/c1-21(2)11-29-8-6-17(21)25-20-15-10-24-7-5-13(15)18(26-27-20)14-4-3-12(19(22)23)9-16(14)28/h3-5,7,9-10,17,19,28H,6,8,11H2,1-2H3,(H,25,27)/t17-/m0/s1. The number of alkyl halides is 2. The van der Waals surface area contributed by atoms with Gasteiger partial charge in [-0.2, -0.15) is 0 Å². The van der Waals surface area contributed by atoms with E-state index < -0.39 is 6.43 Å². The lowest BCUT2D eigenvalue weighted by atomic mass is 9.82. The minimum Gasteiger partial charge on any atom is -0.507 e. The minimum atomic E-state index is -2.66. The van der Waals surface area contributed by atoms with Crippen molar-refractivity contribution in [3.8, 4) is 17.0 Å². The van der Waals surface area contributed by atoms with Crippen LogP contribution in [0.2, 0.25) is 0 Å². The molecule has 1 aromatic carbocycles. The summed E-state index contributed by atoms with van der Waals surface area (Å²) in [5, 5.41) is 23.9. The Labute approximate surface area is 166 Å². The monoisotopic (exact) mass is 400 g/mol. The van der Waals surface area contributed by atoms with Crippen LogP contribution in [0.4, 0.5) is 14.6 Å². The molecule has 29 heavy (non-hydrogen) atoms. The number of phenolic OH excluding ortho intramolecular Hbond substituents is 1. The third kappa shape index (κ3) is 3.72. The smallest absolute Gasteiger partial charge is 0.263 e. The second-order valence-electron chi connectivity index (χ2n) is 7.92. The molecule has 8 heteroatoms. The quantitative estimate of drug-likeness (QED) is 0.668. The Morgan fingerprint density at radius 2 is 2.03 bits per heavy atom. The number of aromatic nitrogens is 3. The summed E-state index contributed by atoms with van der Waals surface area (Å²) >= 11 is 0. The lowest BCUT2D eigenvalue weighted by Crippen LogP contribution is -2.44. The molecule has 0 bridgehead atoms. The van der Waals surface area contributed by atoms with E-state index in [1.165, 1.54) is 12.1 Å². The molecular formula is C21H22F2N4O2. The molecule has 0 radical (unpaired) electrons. The lowest BCUT2D eigenvalue weighted by molar-refractivity contribution is 0.00340. The van der Waals surface area contributed by atoms with Crippen LogP contribution in [0, 0.1) is 5.41 Å². The summed E-state index contributed by atoms with van der Waals surface area (Å²) in [6, 6.07) is 5.71. The summed E-state index contributed by atoms with van der Waals surface area (Å²) in [6.07, 6.45) is 1.50. The van der Waals surface area contributed by atoms with Crippen molar-refractivity contribution in [1.82, 2.24) is 15.2 Å². The van der Waals surface area contributed by atoms with E-state index in [0.29, 0.717) is 30.3 Å². The van der Waals surface area contributed by atoms with Gasteiger partial charge in [0.2, 0.25) is 0 Å². The molecular weight excluding hydrogens is 378 g/mol. The fourth-order valence-corrected chi connectivity index (χ4v) is 3.65. The number of ether oxygens (including phenoxy) is 1. The maximum absolute atomic E-state index is 12.9. The Kier molecular flexibility index (Phi) is 5.04. The number of halogens is 2. The van der Waals surface area contributed by atoms with Gasteiger partial charge in [-0.05, 0) is 24.6 Å². The molecule has 1 aliphatic rings. The number of fused-ring (bicyclic) bond motifs is 1. The van der Waals surface area contributed by atoms with Gasteiger partial charge in [0.25, 0.3) is 6.43 Å². The zero-order valence-corrected chi connectivity index (χ0v) is 16.2. The van der Waals surface area contributed by atoms with Gasteiger partial charge in [0, 0.05) is 52.4 Å². The number of pyridine rings is 1. The summed E-state index contributed by atoms with van der Waals surface area (Å²) in [5.74, 6) is 0.335. The van der Waals surface area contributed by atoms with Gasteiger partial charge in [0.1, 0.15) is 11.4 Å². The number of hydrogen-bond acceptors (Lipinski definition) is 6. The van der Waals surface area contributed by atoms with E-state index in [1.54, 1.807) is 18.5 Å². The molecule has 3 heterocycles. The summed E-state index contributed by atoms with van der Waals surface area (Å²) in [4.78, 5) is 4.20. The molecule has 2 N–H and O–H groups in total. The van der Waals surface area contributed by atoms with Crippen molar-refractivity contribution in [2.75, 3.05) is 18.5 Å². The first kappa shape index (κ1) is 19.4. The number of benzene rings is 1. The van der Waals surface area contributed by atoms with E-state index in [2.05, 4.69) is 34.3 Å². The van der Waals surface area contributed by atoms with Crippen LogP contribution in [0.5, 0.6) is 5.75 Å². The molecule has 1 aliphatic heterocycles. The summed E-state index contributed by atoms with van der Waals surface area (Å²) in [6.45, 7) is 5.59. The largest absolute Gasteiger partial charge is 0.507 e. The molecule has 0 amide bonds. The topological polar surface area (TPSA) is 80.2 Å². The average molecular weight is 400 g/mol. The highest BCUT2D eigenvalue weighted by Gasteiger charge is 2.33. The van der Waals surface area contributed by atoms with E-state index in [9.17, 15) is 13.9 Å². The predicted molar refractivity (Wildman–Crippen MR) is 106 cm³/mol. The molecule has 4 rings (SSSR count). The van der Waals surface area contributed by atoms with Gasteiger partial charge >= 0.3 is 0 Å². The van der Waals surface area contributed by atoms with Gasteiger partial charge < -0.3 is 15.2 Å². The molecule has 152 valence electrons. The van der Waals surface area contributed by atoms with Gasteiger partial charge in [-0.25, -0.2) is 8.78 Å². The number of anilines is 1. The molecule has 0 spiro atoms. The van der Waals surface area contributed by atoms with E-state index in [0.717, 1.165) is 23.3 Å². The Balaban J connectivity index is 1.77. The molecule has 2 aromatic heterocycles. The zero-order chi connectivity index (χ0) is 20.6. The minimum absolute atomic E-state index is 0.0729. The highest BCUT2D eigenvalue weighted by atomic mass is 19.3. The highest BCUT2D eigenvalue weighted by molar-refractivity contribution is 6.00. The number of nitrogens with one attached hydrogen (secondary N) is 1. The van der Waals surface area contributed by atoms with Crippen LogP contribution in [0.15, 0.2) is 36.7 Å². The Bertz CT molecular complexity index is 1040. The number of nitrogens with zero attached hydrogens (tertiary/aromatic N) is 3. The van der Waals surface area contributed by atoms with Gasteiger partial charge in [0.15, 0.2) is 5.82 Å². The van der Waals surface area contributed by atoms with E-state index in [-0.39, 0.29) is 22.8 Å². The molecule has 3 aromatic rings. The molecule has 1 atom stereocenters. The maximum Gasteiger partial charge on any atom is 0.263 e. The second-order valence-corrected chi connectivity index (χ2v) is 7.92. The molecule has 6 nitrogen and oxygen atoms in total. The number of rotatable bonds is 4. The average Bonchev–Trinajstić information content (AvgIpc) is 2.70. The Hall–Kier alpha value is -2.87. The number of phenols is 1. The van der Waals surface area contributed by atoms with Crippen molar-refractivity contribution < 1.29 is 18.6 Å². The van der Waals surface area contributed by atoms with Crippen LogP contribution in [-0.4, -0.2) is 39.5 Å². The summed E-state index contributed by atoms with van der Waals surface area (Å²) in [7, 11) is 0. The first-order valence-corrected chi connectivity index (χ1v) is 9.43. The molecule has 0 aliphatic carbocycles. The van der Waals surface area contributed by atoms with Gasteiger partial charge in [-0.1, -0.05) is 19.9 Å². The fourth-order valence-electron chi connectivity index (χ4n) is 3.65. The summed E-state index contributed by atoms with van der Waals surface area (Å²) < 4.78 is 31.4. The van der Waals surface area contributed by atoms with Crippen LogP contribution in [-0.2, 0) is 4.74 Å². The summed E-state index contributed by atoms with van der Waals surface area (Å²) in [5.41, 5.74) is 0.440. The third-order valence-electron chi connectivity index (χ3n) is 5.39. The Morgan fingerprint density at radius 3 is 2.76 bits per heavy atom. The first-order chi connectivity index (χ1) is 13.9. The van der Waals surface area contributed by atoms with Crippen molar-refractivity contribution >= 4 is 16.6 Å². The van der Waals surface area contributed by atoms with Crippen molar-refractivity contribution in [2.45, 2.75) is 32.7 Å². The molecule has 0 unspecified atom stereocenters. The van der Waals surface area contributed by atoms with Crippen molar-refractivity contribution in [2.24, 2.45) is 5.41 Å². The van der Waals surface area contributed by atoms with Gasteiger partial charge in [-0.3, -0.25) is 4.98 Å². The Morgan fingerprint density at radius 1 is 1.21 bits per heavy atom. The third-order valence-corrected chi connectivity index (χ3v) is 5.39. The SMILES string of the molecule is CC1(C)COCC[C@@H]1Nc1nnc(-c2ccc(C(F)F)cc2O)c2ccncc12. The highest BCUT2D eigenvalue weighted by Crippen LogP contribution is 2.37.